The molecule has 0 spiro atoms. The van der Waals surface area contributed by atoms with Crippen molar-refractivity contribution < 1.29 is 9.21 Å². The minimum absolute atomic E-state index is 0.0654. The van der Waals surface area contributed by atoms with E-state index in [1.807, 2.05) is 55.6 Å². The summed E-state index contributed by atoms with van der Waals surface area (Å²) in [6, 6.07) is 17.9. The van der Waals surface area contributed by atoms with Crippen molar-refractivity contribution in [1.82, 2.24) is 15.1 Å². The SMILES string of the molecule is CCc1ccc(NC(=O)c2nnc(CN(C)[C@@H](C)c3cc4ccccc4o3)s2)cc1. The Morgan fingerprint density at radius 1 is 1.17 bits per heavy atom. The van der Waals surface area contributed by atoms with Crippen LogP contribution in [0.1, 0.15) is 46.0 Å². The molecule has 2 heterocycles. The minimum Gasteiger partial charge on any atom is -0.459 e. The van der Waals surface area contributed by atoms with E-state index in [1.54, 1.807) is 0 Å². The van der Waals surface area contributed by atoms with Gasteiger partial charge in [0.05, 0.1) is 12.6 Å². The van der Waals surface area contributed by atoms with Gasteiger partial charge < -0.3 is 9.73 Å². The lowest BCUT2D eigenvalue weighted by molar-refractivity contribution is 0.102. The van der Waals surface area contributed by atoms with Gasteiger partial charge in [0, 0.05) is 11.1 Å². The topological polar surface area (TPSA) is 71.3 Å². The molecule has 6 nitrogen and oxygen atoms in total. The third-order valence-corrected chi connectivity index (χ3v) is 6.09. The van der Waals surface area contributed by atoms with Crippen molar-refractivity contribution in [3.63, 3.8) is 0 Å². The predicted molar refractivity (Wildman–Crippen MR) is 120 cm³/mol. The van der Waals surface area contributed by atoms with Crippen molar-refractivity contribution in [3.05, 3.63) is 75.9 Å². The second-order valence-electron chi connectivity index (χ2n) is 7.28. The smallest absolute Gasteiger partial charge is 0.286 e. The monoisotopic (exact) mass is 420 g/mol. The number of rotatable bonds is 7. The van der Waals surface area contributed by atoms with E-state index in [0.717, 1.165) is 33.8 Å². The maximum atomic E-state index is 12.5. The van der Waals surface area contributed by atoms with E-state index in [-0.39, 0.29) is 11.9 Å². The Morgan fingerprint density at radius 2 is 1.93 bits per heavy atom. The summed E-state index contributed by atoms with van der Waals surface area (Å²) >= 11 is 1.31. The normalized spacial score (nSPS) is 12.4. The fraction of sp³-hybridized carbons (Fsp3) is 0.261. The first kappa shape index (κ1) is 20.3. The Hall–Kier alpha value is -3.03. The molecule has 0 unspecified atom stereocenters. The molecule has 0 saturated heterocycles. The number of para-hydroxylation sites is 1. The molecule has 0 bridgehead atoms. The third-order valence-electron chi connectivity index (χ3n) is 5.18. The molecule has 0 radical (unpaired) electrons. The van der Waals surface area contributed by atoms with Gasteiger partial charge in [0.15, 0.2) is 0 Å². The van der Waals surface area contributed by atoms with Crippen molar-refractivity contribution in [1.29, 1.82) is 0 Å². The first-order chi connectivity index (χ1) is 14.5. The summed E-state index contributed by atoms with van der Waals surface area (Å²) < 4.78 is 5.98. The zero-order valence-electron chi connectivity index (χ0n) is 17.3. The van der Waals surface area contributed by atoms with Crippen LogP contribution in [-0.2, 0) is 13.0 Å². The minimum atomic E-state index is -0.240. The number of fused-ring (bicyclic) bond motifs is 1. The highest BCUT2D eigenvalue weighted by Crippen LogP contribution is 2.28. The molecular weight excluding hydrogens is 396 g/mol. The van der Waals surface area contributed by atoms with Gasteiger partial charge in [-0.3, -0.25) is 9.69 Å². The molecule has 4 rings (SSSR count). The Morgan fingerprint density at radius 3 is 2.67 bits per heavy atom. The lowest BCUT2D eigenvalue weighted by Crippen LogP contribution is -2.21. The van der Waals surface area contributed by atoms with Gasteiger partial charge in [0.2, 0.25) is 5.01 Å². The largest absolute Gasteiger partial charge is 0.459 e. The molecule has 1 N–H and O–H groups in total. The maximum absolute atomic E-state index is 12.5. The van der Waals surface area contributed by atoms with Crippen LogP contribution in [-0.4, -0.2) is 28.1 Å². The Kier molecular flexibility index (Phi) is 5.92. The molecule has 0 aliphatic rings. The summed E-state index contributed by atoms with van der Waals surface area (Å²) in [5.41, 5.74) is 2.87. The highest BCUT2D eigenvalue weighted by atomic mass is 32.1. The maximum Gasteiger partial charge on any atom is 0.286 e. The molecule has 2 aromatic carbocycles. The Labute approximate surface area is 179 Å². The van der Waals surface area contributed by atoms with E-state index < -0.39 is 0 Å². The average Bonchev–Trinajstić information content (AvgIpc) is 3.40. The number of carbonyl (C=O) groups excluding carboxylic acids is 1. The van der Waals surface area contributed by atoms with Crippen LogP contribution in [0.25, 0.3) is 11.0 Å². The molecule has 30 heavy (non-hydrogen) atoms. The van der Waals surface area contributed by atoms with Gasteiger partial charge in [-0.25, -0.2) is 0 Å². The molecule has 0 aliphatic carbocycles. The molecular formula is C23H24N4O2S. The summed E-state index contributed by atoms with van der Waals surface area (Å²) in [7, 11) is 2.01. The number of benzene rings is 2. The summed E-state index contributed by atoms with van der Waals surface area (Å²) in [6.45, 7) is 4.77. The Bertz CT molecular complexity index is 1120. The van der Waals surface area contributed by atoms with Gasteiger partial charge in [0.1, 0.15) is 16.4 Å². The van der Waals surface area contributed by atoms with Crippen LogP contribution in [0, 0.1) is 0 Å². The number of anilines is 1. The van der Waals surface area contributed by atoms with E-state index in [1.165, 1.54) is 16.9 Å². The molecule has 1 atom stereocenters. The highest BCUT2D eigenvalue weighted by molar-refractivity contribution is 7.13. The lowest BCUT2D eigenvalue weighted by atomic mass is 10.1. The number of carbonyl (C=O) groups is 1. The molecule has 0 aliphatic heterocycles. The van der Waals surface area contributed by atoms with Gasteiger partial charge in [-0.2, -0.15) is 0 Å². The zero-order valence-corrected chi connectivity index (χ0v) is 18.1. The fourth-order valence-electron chi connectivity index (χ4n) is 3.19. The summed E-state index contributed by atoms with van der Waals surface area (Å²) in [6.07, 6.45) is 0.966. The van der Waals surface area contributed by atoms with E-state index in [0.29, 0.717) is 11.6 Å². The van der Waals surface area contributed by atoms with Crippen molar-refractivity contribution >= 4 is 33.9 Å². The van der Waals surface area contributed by atoms with Crippen molar-refractivity contribution in [2.24, 2.45) is 0 Å². The quantitative estimate of drug-likeness (QED) is 0.440. The van der Waals surface area contributed by atoms with Crippen LogP contribution >= 0.6 is 11.3 Å². The molecule has 4 aromatic rings. The van der Waals surface area contributed by atoms with Gasteiger partial charge in [-0.1, -0.05) is 48.6 Å². The lowest BCUT2D eigenvalue weighted by Gasteiger charge is -2.21. The number of furan rings is 1. The second-order valence-corrected chi connectivity index (χ2v) is 8.35. The predicted octanol–water partition coefficient (Wildman–Crippen LogP) is 5.29. The number of aromatic nitrogens is 2. The number of aryl methyl sites for hydroxylation is 1. The zero-order chi connectivity index (χ0) is 21.1. The van der Waals surface area contributed by atoms with Crippen molar-refractivity contribution in [2.75, 3.05) is 12.4 Å². The number of amides is 1. The molecule has 2 aromatic heterocycles. The first-order valence-electron chi connectivity index (χ1n) is 9.95. The van der Waals surface area contributed by atoms with E-state index in [9.17, 15) is 4.79 Å². The first-order valence-corrected chi connectivity index (χ1v) is 10.8. The Balaban J connectivity index is 1.39. The van der Waals surface area contributed by atoms with Crippen LogP contribution in [0.2, 0.25) is 0 Å². The highest BCUT2D eigenvalue weighted by Gasteiger charge is 2.19. The van der Waals surface area contributed by atoms with Crippen molar-refractivity contribution in [3.8, 4) is 0 Å². The molecule has 1 amide bonds. The van der Waals surface area contributed by atoms with Gasteiger partial charge in [-0.05, 0) is 50.2 Å². The molecule has 7 heteroatoms. The van der Waals surface area contributed by atoms with Crippen LogP contribution < -0.4 is 5.32 Å². The standard InChI is InChI=1S/C23H24N4O2S/c1-4-16-9-11-18(12-10-16)24-22(28)23-26-25-21(30-23)14-27(3)15(2)20-13-17-7-5-6-8-19(17)29-20/h5-13,15H,4,14H2,1-3H3,(H,24,28)/t15-/m0/s1. The second kappa shape index (κ2) is 8.77. The van der Waals surface area contributed by atoms with Crippen LogP contribution in [0.15, 0.2) is 59.0 Å². The van der Waals surface area contributed by atoms with Crippen LogP contribution in [0.3, 0.4) is 0 Å². The number of hydrogen-bond acceptors (Lipinski definition) is 6. The van der Waals surface area contributed by atoms with E-state index in [4.69, 9.17) is 4.42 Å². The fourth-order valence-corrected chi connectivity index (χ4v) is 3.99. The van der Waals surface area contributed by atoms with Gasteiger partial charge >= 0.3 is 0 Å². The molecule has 0 fully saturated rings. The van der Waals surface area contributed by atoms with Gasteiger partial charge in [-0.15, -0.1) is 10.2 Å². The number of nitrogens with one attached hydrogen (secondary N) is 1. The average molecular weight is 421 g/mol. The number of hydrogen-bond donors (Lipinski definition) is 1. The van der Waals surface area contributed by atoms with E-state index >= 15 is 0 Å². The summed E-state index contributed by atoms with van der Waals surface area (Å²) in [5.74, 6) is 0.660. The number of nitrogens with zero attached hydrogens (tertiary/aromatic N) is 3. The van der Waals surface area contributed by atoms with Crippen LogP contribution in [0.4, 0.5) is 5.69 Å². The summed E-state index contributed by atoms with van der Waals surface area (Å²) in [5, 5.41) is 13.4. The molecule has 0 saturated carbocycles. The van der Waals surface area contributed by atoms with Crippen LogP contribution in [0.5, 0.6) is 0 Å². The summed E-state index contributed by atoms with van der Waals surface area (Å²) in [4.78, 5) is 14.6. The van der Waals surface area contributed by atoms with E-state index in [2.05, 4.69) is 40.3 Å². The van der Waals surface area contributed by atoms with Crippen molar-refractivity contribution in [2.45, 2.75) is 32.9 Å². The van der Waals surface area contributed by atoms with Gasteiger partial charge in [0.25, 0.3) is 5.91 Å². The molecule has 154 valence electrons. The third kappa shape index (κ3) is 4.42.